The number of carbonyl (C=O) groups excluding carboxylic acids is 1. The van der Waals surface area contributed by atoms with E-state index in [0.717, 1.165) is 10.9 Å². The van der Waals surface area contributed by atoms with Crippen LogP contribution in [0.2, 0.25) is 0 Å². The molecule has 9 heteroatoms. The van der Waals surface area contributed by atoms with Crippen LogP contribution in [0.3, 0.4) is 0 Å². The Morgan fingerprint density at radius 1 is 0.784 bits per heavy atom. The number of amides is 1. The van der Waals surface area contributed by atoms with Crippen molar-refractivity contribution < 1.29 is 13.2 Å². The minimum Gasteiger partial charge on any atom is -0.322 e. The van der Waals surface area contributed by atoms with Gasteiger partial charge in [-0.15, -0.1) is 0 Å². The molecular weight excluding hydrogens is 486 g/mol. The smallest absolute Gasteiger partial charge is 0.263 e. The second-order valence-corrected chi connectivity index (χ2v) is 10.1. The Balaban J connectivity index is 1.40. The lowest BCUT2D eigenvalue weighted by atomic mass is 10.0. The topological polar surface area (TPSA) is 114 Å². The Hall–Kier alpha value is -4.63. The van der Waals surface area contributed by atoms with E-state index in [9.17, 15) is 13.2 Å². The molecule has 37 heavy (non-hydrogen) atoms. The van der Waals surface area contributed by atoms with Crippen molar-refractivity contribution in [3.05, 3.63) is 108 Å². The van der Waals surface area contributed by atoms with Crippen LogP contribution in [0.1, 0.15) is 21.9 Å². The summed E-state index contributed by atoms with van der Waals surface area (Å²) in [6.07, 6.45) is 0. The van der Waals surface area contributed by atoms with Crippen LogP contribution >= 0.6 is 0 Å². The number of hydrogen-bond donors (Lipinski definition) is 2. The van der Waals surface area contributed by atoms with Crippen molar-refractivity contribution in [3.8, 4) is 11.3 Å². The van der Waals surface area contributed by atoms with Gasteiger partial charge in [-0.1, -0.05) is 48.5 Å². The molecule has 2 N–H and O–H groups in total. The zero-order valence-corrected chi connectivity index (χ0v) is 21.0. The van der Waals surface area contributed by atoms with E-state index in [0.29, 0.717) is 34.0 Å². The summed E-state index contributed by atoms with van der Waals surface area (Å²) in [5.74, 6) is 0.340. The number of benzene rings is 3. The minimum atomic E-state index is -3.87. The summed E-state index contributed by atoms with van der Waals surface area (Å²) in [6.45, 7) is 3.45. The molecule has 0 radical (unpaired) electrons. The Kier molecular flexibility index (Phi) is 6.37. The Labute approximate surface area is 214 Å². The molecule has 0 spiro atoms. The van der Waals surface area contributed by atoms with Gasteiger partial charge < -0.3 is 5.32 Å². The standard InChI is InChI=1S/C28H23N5O3S/c1-18-16-27(30-19(2)29-18)33-37(35,36)22-14-12-21(13-15-22)31-28(34)24-17-26(20-8-4-3-5-9-20)32-25-11-7-6-10-23(24)25/h3-17H,1-2H3,(H,31,34)(H,29,30,33). The molecule has 0 aliphatic carbocycles. The van der Waals surface area contributed by atoms with Gasteiger partial charge in [0.25, 0.3) is 15.9 Å². The summed E-state index contributed by atoms with van der Waals surface area (Å²) in [5.41, 5.74) is 3.88. The highest BCUT2D eigenvalue weighted by Gasteiger charge is 2.17. The largest absolute Gasteiger partial charge is 0.322 e. The Morgan fingerprint density at radius 3 is 2.22 bits per heavy atom. The number of fused-ring (bicyclic) bond motifs is 1. The van der Waals surface area contributed by atoms with Crippen LogP contribution in [0.4, 0.5) is 11.5 Å². The van der Waals surface area contributed by atoms with E-state index >= 15 is 0 Å². The molecule has 3 aromatic carbocycles. The summed E-state index contributed by atoms with van der Waals surface area (Å²) in [7, 11) is -3.87. The molecule has 2 aromatic heterocycles. The van der Waals surface area contributed by atoms with Gasteiger partial charge in [-0.25, -0.2) is 23.4 Å². The summed E-state index contributed by atoms with van der Waals surface area (Å²) >= 11 is 0. The van der Waals surface area contributed by atoms with Gasteiger partial charge in [0.05, 0.1) is 21.7 Å². The fourth-order valence-corrected chi connectivity index (χ4v) is 4.99. The van der Waals surface area contributed by atoms with E-state index in [1.807, 2.05) is 54.6 Å². The monoisotopic (exact) mass is 509 g/mol. The van der Waals surface area contributed by atoms with Gasteiger partial charge in [0, 0.05) is 28.4 Å². The maximum absolute atomic E-state index is 13.3. The molecule has 0 fully saturated rings. The lowest BCUT2D eigenvalue weighted by Gasteiger charge is -2.12. The van der Waals surface area contributed by atoms with Crippen LogP contribution in [-0.4, -0.2) is 29.3 Å². The molecule has 8 nitrogen and oxygen atoms in total. The lowest BCUT2D eigenvalue weighted by molar-refractivity contribution is 0.102. The first-order chi connectivity index (χ1) is 17.8. The van der Waals surface area contributed by atoms with Crippen LogP contribution in [-0.2, 0) is 10.0 Å². The van der Waals surface area contributed by atoms with Gasteiger partial charge in [0.1, 0.15) is 11.6 Å². The predicted molar refractivity (Wildman–Crippen MR) is 144 cm³/mol. The quantitative estimate of drug-likeness (QED) is 0.318. The van der Waals surface area contributed by atoms with Crippen LogP contribution < -0.4 is 10.0 Å². The van der Waals surface area contributed by atoms with Crippen molar-refractivity contribution in [2.75, 3.05) is 10.0 Å². The van der Waals surface area contributed by atoms with E-state index in [1.165, 1.54) is 12.1 Å². The molecule has 0 aliphatic heterocycles. The summed E-state index contributed by atoms with van der Waals surface area (Å²) < 4.78 is 28.1. The third-order valence-electron chi connectivity index (χ3n) is 5.66. The van der Waals surface area contributed by atoms with E-state index in [4.69, 9.17) is 4.98 Å². The number of pyridine rings is 1. The molecule has 2 heterocycles. The van der Waals surface area contributed by atoms with Crippen LogP contribution in [0, 0.1) is 13.8 Å². The highest BCUT2D eigenvalue weighted by molar-refractivity contribution is 7.92. The highest BCUT2D eigenvalue weighted by Crippen LogP contribution is 2.26. The molecule has 1 amide bonds. The van der Waals surface area contributed by atoms with Gasteiger partial charge >= 0.3 is 0 Å². The van der Waals surface area contributed by atoms with E-state index in [1.54, 1.807) is 38.1 Å². The van der Waals surface area contributed by atoms with E-state index in [2.05, 4.69) is 20.0 Å². The Morgan fingerprint density at radius 2 is 1.49 bits per heavy atom. The van der Waals surface area contributed by atoms with Gasteiger partial charge in [0.15, 0.2) is 0 Å². The number of carbonyl (C=O) groups is 1. The van der Waals surface area contributed by atoms with Crippen LogP contribution in [0.5, 0.6) is 0 Å². The molecule has 0 aliphatic rings. The second kappa shape index (κ2) is 9.79. The van der Waals surface area contributed by atoms with Crippen molar-refractivity contribution in [1.29, 1.82) is 0 Å². The maximum atomic E-state index is 13.3. The number of anilines is 2. The second-order valence-electron chi connectivity index (χ2n) is 8.46. The number of para-hydroxylation sites is 1. The zero-order chi connectivity index (χ0) is 26.0. The Bertz CT molecular complexity index is 1700. The first-order valence-electron chi connectivity index (χ1n) is 11.5. The molecule has 0 saturated heterocycles. The average molecular weight is 510 g/mol. The molecule has 184 valence electrons. The van der Waals surface area contributed by atoms with Crippen molar-refractivity contribution in [3.63, 3.8) is 0 Å². The van der Waals surface area contributed by atoms with E-state index in [-0.39, 0.29) is 16.6 Å². The predicted octanol–water partition coefficient (Wildman–Crippen LogP) is 5.36. The molecule has 5 rings (SSSR count). The lowest BCUT2D eigenvalue weighted by Crippen LogP contribution is -2.15. The summed E-state index contributed by atoms with van der Waals surface area (Å²) in [4.78, 5) is 26.4. The van der Waals surface area contributed by atoms with Crippen molar-refractivity contribution >= 4 is 38.3 Å². The zero-order valence-electron chi connectivity index (χ0n) is 20.1. The van der Waals surface area contributed by atoms with Crippen LogP contribution in [0.25, 0.3) is 22.2 Å². The normalized spacial score (nSPS) is 11.3. The van der Waals surface area contributed by atoms with Gasteiger partial charge in [-0.05, 0) is 50.2 Å². The van der Waals surface area contributed by atoms with Crippen molar-refractivity contribution in [1.82, 2.24) is 15.0 Å². The van der Waals surface area contributed by atoms with E-state index < -0.39 is 10.0 Å². The summed E-state index contributed by atoms with van der Waals surface area (Å²) in [6, 6.07) is 26.4. The molecular formula is C28H23N5O3S. The highest BCUT2D eigenvalue weighted by atomic mass is 32.2. The summed E-state index contributed by atoms with van der Waals surface area (Å²) in [5, 5.41) is 3.59. The van der Waals surface area contributed by atoms with Gasteiger partial charge in [-0.3, -0.25) is 9.52 Å². The number of nitrogens with zero attached hydrogens (tertiary/aromatic N) is 3. The molecule has 0 atom stereocenters. The molecule has 5 aromatic rings. The third kappa shape index (κ3) is 5.31. The maximum Gasteiger partial charge on any atom is 0.263 e. The number of rotatable bonds is 6. The number of nitrogens with one attached hydrogen (secondary N) is 2. The molecule has 0 unspecified atom stereocenters. The first kappa shape index (κ1) is 24.1. The fourth-order valence-electron chi connectivity index (χ4n) is 4.00. The average Bonchev–Trinajstić information content (AvgIpc) is 2.88. The first-order valence-corrected chi connectivity index (χ1v) is 13.0. The minimum absolute atomic E-state index is 0.0418. The van der Waals surface area contributed by atoms with Crippen molar-refractivity contribution in [2.24, 2.45) is 0 Å². The molecule has 0 saturated carbocycles. The van der Waals surface area contributed by atoms with Crippen LogP contribution in [0.15, 0.2) is 95.9 Å². The number of aromatic nitrogens is 3. The molecule has 0 bridgehead atoms. The van der Waals surface area contributed by atoms with Gasteiger partial charge in [-0.2, -0.15) is 0 Å². The van der Waals surface area contributed by atoms with Gasteiger partial charge in [0.2, 0.25) is 0 Å². The fraction of sp³-hybridized carbons (Fsp3) is 0.0714. The van der Waals surface area contributed by atoms with Crippen molar-refractivity contribution in [2.45, 2.75) is 18.7 Å². The number of sulfonamides is 1. The number of hydrogen-bond acceptors (Lipinski definition) is 6. The number of aryl methyl sites for hydroxylation is 2. The SMILES string of the molecule is Cc1cc(NS(=O)(=O)c2ccc(NC(=O)c3cc(-c4ccccc4)nc4ccccc34)cc2)nc(C)n1. The third-order valence-corrected chi connectivity index (χ3v) is 7.03.